The van der Waals surface area contributed by atoms with Gasteiger partial charge in [0.25, 0.3) is 5.91 Å². The standard InChI is InChI=1S/C25H22N4O4/c1-2-33-20-13-16(7-8-19(20)31)24-21-22(17-5-3-4-6-18(17)30)27-28-23(21)25(32)29(24)14-15-9-11-26-12-10-15/h3-13,24,30-31H,2,14H2,1H3,(H,27,28). The van der Waals surface area contributed by atoms with Crippen molar-refractivity contribution in [2.24, 2.45) is 0 Å². The van der Waals surface area contributed by atoms with Crippen LogP contribution in [0, 0.1) is 0 Å². The third-order valence-corrected chi connectivity index (χ3v) is 5.72. The quantitative estimate of drug-likeness (QED) is 0.416. The van der Waals surface area contributed by atoms with Crippen LogP contribution in [0.15, 0.2) is 67.0 Å². The zero-order valence-corrected chi connectivity index (χ0v) is 17.9. The van der Waals surface area contributed by atoms with E-state index >= 15 is 0 Å². The molecule has 8 nitrogen and oxygen atoms in total. The Morgan fingerprint density at radius 3 is 2.61 bits per heavy atom. The predicted octanol–water partition coefficient (Wildman–Crippen LogP) is 4.03. The van der Waals surface area contributed by atoms with E-state index in [9.17, 15) is 15.0 Å². The number of hydrogen-bond acceptors (Lipinski definition) is 6. The fourth-order valence-corrected chi connectivity index (χ4v) is 4.24. The summed E-state index contributed by atoms with van der Waals surface area (Å²) in [7, 11) is 0. The van der Waals surface area contributed by atoms with Gasteiger partial charge in [0.2, 0.25) is 0 Å². The predicted molar refractivity (Wildman–Crippen MR) is 121 cm³/mol. The summed E-state index contributed by atoms with van der Waals surface area (Å²) in [6.07, 6.45) is 3.37. The smallest absolute Gasteiger partial charge is 0.273 e. The lowest BCUT2D eigenvalue weighted by Gasteiger charge is -2.27. The second kappa shape index (κ2) is 8.31. The average Bonchev–Trinajstić information content (AvgIpc) is 3.36. The minimum absolute atomic E-state index is 0.0268. The minimum atomic E-state index is -0.506. The first-order valence-electron chi connectivity index (χ1n) is 10.6. The number of para-hydroxylation sites is 1. The number of H-pyrrole nitrogens is 1. The Balaban J connectivity index is 1.68. The number of rotatable bonds is 6. The Labute approximate surface area is 190 Å². The van der Waals surface area contributed by atoms with Crippen LogP contribution < -0.4 is 4.74 Å². The van der Waals surface area contributed by atoms with E-state index < -0.39 is 6.04 Å². The number of aromatic amines is 1. The van der Waals surface area contributed by atoms with E-state index in [-0.39, 0.29) is 17.4 Å². The Bertz CT molecular complexity index is 1320. The van der Waals surface area contributed by atoms with Crippen molar-refractivity contribution in [3.05, 3.63) is 89.4 Å². The summed E-state index contributed by atoms with van der Waals surface area (Å²) in [6.45, 7) is 2.58. The molecular weight excluding hydrogens is 420 g/mol. The molecule has 1 aliphatic rings. The van der Waals surface area contributed by atoms with Gasteiger partial charge in [0.1, 0.15) is 17.1 Å². The van der Waals surface area contributed by atoms with Gasteiger partial charge in [-0.3, -0.25) is 14.9 Å². The molecule has 0 fully saturated rings. The van der Waals surface area contributed by atoms with Crippen LogP contribution in [0.2, 0.25) is 0 Å². The number of amides is 1. The fraction of sp³-hybridized carbons (Fsp3) is 0.160. The normalized spacial score (nSPS) is 15.0. The molecule has 0 aliphatic carbocycles. The summed E-state index contributed by atoms with van der Waals surface area (Å²) in [5.74, 6) is 0.240. The number of aromatic hydroxyl groups is 2. The highest BCUT2D eigenvalue weighted by Gasteiger charge is 2.42. The molecule has 5 rings (SSSR count). The van der Waals surface area contributed by atoms with Crippen molar-refractivity contribution in [1.29, 1.82) is 0 Å². The number of nitrogens with one attached hydrogen (secondary N) is 1. The van der Waals surface area contributed by atoms with E-state index in [1.54, 1.807) is 53.7 Å². The number of fused-ring (bicyclic) bond motifs is 1. The molecule has 3 N–H and O–H groups in total. The van der Waals surface area contributed by atoms with Gasteiger partial charge in [0.15, 0.2) is 11.5 Å². The summed E-state index contributed by atoms with van der Waals surface area (Å²) in [6, 6.07) is 15.2. The lowest BCUT2D eigenvalue weighted by atomic mass is 9.95. The molecule has 3 heterocycles. The third kappa shape index (κ3) is 3.55. The van der Waals surface area contributed by atoms with Crippen molar-refractivity contribution in [1.82, 2.24) is 20.1 Å². The third-order valence-electron chi connectivity index (χ3n) is 5.72. The van der Waals surface area contributed by atoms with Gasteiger partial charge in [-0.05, 0) is 54.4 Å². The minimum Gasteiger partial charge on any atom is -0.507 e. The van der Waals surface area contributed by atoms with Gasteiger partial charge in [-0.1, -0.05) is 18.2 Å². The molecule has 1 aliphatic heterocycles. The molecule has 0 bridgehead atoms. The van der Waals surface area contributed by atoms with Crippen LogP contribution in [0.5, 0.6) is 17.2 Å². The molecule has 166 valence electrons. The van der Waals surface area contributed by atoms with Gasteiger partial charge in [0, 0.05) is 30.1 Å². The first kappa shape index (κ1) is 20.6. The highest BCUT2D eigenvalue weighted by molar-refractivity contribution is 6.00. The number of benzene rings is 2. The molecule has 2 aromatic carbocycles. The van der Waals surface area contributed by atoms with Gasteiger partial charge in [-0.25, -0.2) is 0 Å². The maximum atomic E-state index is 13.5. The Kier molecular flexibility index (Phi) is 5.18. The average molecular weight is 442 g/mol. The second-order valence-electron chi connectivity index (χ2n) is 7.73. The summed E-state index contributed by atoms with van der Waals surface area (Å²) in [5.41, 5.74) is 3.76. The van der Waals surface area contributed by atoms with Crippen LogP contribution in [0.4, 0.5) is 0 Å². The number of ether oxygens (including phenoxy) is 1. The van der Waals surface area contributed by atoms with E-state index in [1.807, 2.05) is 25.1 Å². The zero-order valence-electron chi connectivity index (χ0n) is 17.9. The first-order valence-corrected chi connectivity index (χ1v) is 10.6. The molecule has 4 aromatic rings. The van der Waals surface area contributed by atoms with Gasteiger partial charge in [0.05, 0.1) is 12.6 Å². The van der Waals surface area contributed by atoms with Crippen LogP contribution in [-0.4, -0.2) is 42.8 Å². The first-order chi connectivity index (χ1) is 16.1. The fourth-order valence-electron chi connectivity index (χ4n) is 4.24. The van der Waals surface area contributed by atoms with Gasteiger partial charge < -0.3 is 19.8 Å². The summed E-state index contributed by atoms with van der Waals surface area (Å²) in [4.78, 5) is 19.3. The molecule has 1 atom stereocenters. The number of phenols is 2. The number of pyridine rings is 1. The van der Waals surface area contributed by atoms with Crippen molar-refractivity contribution in [3.8, 4) is 28.5 Å². The maximum absolute atomic E-state index is 13.5. The van der Waals surface area contributed by atoms with Gasteiger partial charge >= 0.3 is 0 Å². The highest BCUT2D eigenvalue weighted by Crippen LogP contribution is 2.46. The van der Waals surface area contributed by atoms with Crippen LogP contribution in [0.3, 0.4) is 0 Å². The van der Waals surface area contributed by atoms with Crippen LogP contribution >= 0.6 is 0 Å². The summed E-state index contributed by atoms with van der Waals surface area (Å²) in [5, 5.41) is 28.0. The number of aromatic nitrogens is 3. The second-order valence-corrected chi connectivity index (χ2v) is 7.73. The van der Waals surface area contributed by atoms with E-state index in [0.29, 0.717) is 41.4 Å². The molecule has 0 radical (unpaired) electrons. The van der Waals surface area contributed by atoms with Gasteiger partial charge in [-0.15, -0.1) is 0 Å². The van der Waals surface area contributed by atoms with Crippen molar-refractivity contribution < 1.29 is 19.7 Å². The van der Waals surface area contributed by atoms with E-state index in [2.05, 4.69) is 15.2 Å². The largest absolute Gasteiger partial charge is 0.507 e. The lowest BCUT2D eigenvalue weighted by Crippen LogP contribution is -2.29. The van der Waals surface area contributed by atoms with Crippen LogP contribution in [-0.2, 0) is 6.54 Å². The zero-order chi connectivity index (χ0) is 22.9. The van der Waals surface area contributed by atoms with Crippen molar-refractivity contribution in [2.75, 3.05) is 6.61 Å². The molecule has 1 amide bonds. The summed E-state index contributed by atoms with van der Waals surface area (Å²) < 4.78 is 5.60. The molecule has 2 aromatic heterocycles. The number of carbonyl (C=O) groups excluding carboxylic acids is 1. The van der Waals surface area contributed by atoms with E-state index in [1.165, 1.54) is 0 Å². The van der Waals surface area contributed by atoms with Crippen molar-refractivity contribution >= 4 is 5.91 Å². The number of nitrogens with zero attached hydrogens (tertiary/aromatic N) is 3. The molecule has 0 saturated heterocycles. The SMILES string of the molecule is CCOc1cc(C2c3c(-c4ccccc4O)n[nH]c3C(=O)N2Cc2ccncc2)ccc1O. The Morgan fingerprint density at radius 1 is 1.06 bits per heavy atom. The van der Waals surface area contributed by atoms with Crippen LogP contribution in [0.1, 0.15) is 40.1 Å². The van der Waals surface area contributed by atoms with E-state index in [0.717, 1.165) is 11.1 Å². The van der Waals surface area contributed by atoms with E-state index in [4.69, 9.17) is 4.74 Å². The number of phenolic OH excluding ortho intramolecular Hbond substituents is 2. The molecule has 8 heteroatoms. The van der Waals surface area contributed by atoms with Gasteiger partial charge in [-0.2, -0.15) is 5.10 Å². The molecule has 0 saturated carbocycles. The monoisotopic (exact) mass is 442 g/mol. The molecule has 33 heavy (non-hydrogen) atoms. The van der Waals surface area contributed by atoms with Crippen LogP contribution in [0.25, 0.3) is 11.3 Å². The molecular formula is C25H22N4O4. The highest BCUT2D eigenvalue weighted by atomic mass is 16.5. The Morgan fingerprint density at radius 2 is 1.85 bits per heavy atom. The van der Waals surface area contributed by atoms with Crippen molar-refractivity contribution in [3.63, 3.8) is 0 Å². The molecule has 0 spiro atoms. The topological polar surface area (TPSA) is 112 Å². The van der Waals surface area contributed by atoms with Crippen molar-refractivity contribution in [2.45, 2.75) is 19.5 Å². The lowest BCUT2D eigenvalue weighted by molar-refractivity contribution is 0.0729. The Hall–Kier alpha value is -4.33. The number of carbonyl (C=O) groups is 1. The molecule has 1 unspecified atom stereocenters. The summed E-state index contributed by atoms with van der Waals surface area (Å²) >= 11 is 0. The maximum Gasteiger partial charge on any atom is 0.273 e. The number of hydrogen-bond donors (Lipinski definition) is 3.